The lowest BCUT2D eigenvalue weighted by Crippen LogP contribution is -2.44. The van der Waals surface area contributed by atoms with Gasteiger partial charge < -0.3 is 15.9 Å². The Bertz CT molecular complexity index is 438. The van der Waals surface area contributed by atoms with Crippen molar-refractivity contribution < 1.29 is 15.0 Å². The van der Waals surface area contributed by atoms with Crippen molar-refractivity contribution in [3.8, 4) is 5.75 Å². The standard InChI is InChI=1S/C13H20N2O3/c1-13(2,3)15-11(17)7-8-4-5-10(16)9(6-8)12(14)18/h4-6,11,15-17H,7H2,1-3H3,(H2,14,18). The minimum atomic E-state index is -0.727. The van der Waals surface area contributed by atoms with E-state index in [1.165, 1.54) is 12.1 Å². The van der Waals surface area contributed by atoms with Crippen LogP contribution in [0.2, 0.25) is 0 Å². The smallest absolute Gasteiger partial charge is 0.252 e. The van der Waals surface area contributed by atoms with Crippen molar-refractivity contribution in [2.24, 2.45) is 5.73 Å². The number of aliphatic hydroxyl groups excluding tert-OH is 1. The van der Waals surface area contributed by atoms with Gasteiger partial charge in [-0.15, -0.1) is 0 Å². The van der Waals surface area contributed by atoms with Crippen molar-refractivity contribution in [3.63, 3.8) is 0 Å². The molecule has 1 rings (SSSR count). The molecular weight excluding hydrogens is 232 g/mol. The molecule has 1 aromatic carbocycles. The number of hydrogen-bond acceptors (Lipinski definition) is 4. The molecule has 0 bridgehead atoms. The number of aromatic hydroxyl groups is 1. The summed E-state index contributed by atoms with van der Waals surface area (Å²) >= 11 is 0. The predicted molar refractivity (Wildman–Crippen MR) is 69.2 cm³/mol. The van der Waals surface area contributed by atoms with Crippen LogP contribution in [0, 0.1) is 0 Å². The summed E-state index contributed by atoms with van der Waals surface area (Å²) in [7, 11) is 0. The number of phenols is 1. The molecule has 0 aliphatic carbocycles. The Morgan fingerprint density at radius 3 is 2.56 bits per heavy atom. The Hall–Kier alpha value is -1.59. The monoisotopic (exact) mass is 252 g/mol. The fourth-order valence-corrected chi connectivity index (χ4v) is 1.68. The summed E-state index contributed by atoms with van der Waals surface area (Å²) < 4.78 is 0. The molecule has 0 spiro atoms. The zero-order valence-electron chi connectivity index (χ0n) is 10.9. The first-order valence-corrected chi connectivity index (χ1v) is 5.76. The molecular formula is C13H20N2O3. The quantitative estimate of drug-likeness (QED) is 0.594. The van der Waals surface area contributed by atoms with Crippen LogP contribution >= 0.6 is 0 Å². The van der Waals surface area contributed by atoms with Gasteiger partial charge in [0.15, 0.2) is 0 Å². The van der Waals surface area contributed by atoms with Gasteiger partial charge in [0.25, 0.3) is 5.91 Å². The first-order valence-electron chi connectivity index (χ1n) is 5.76. The molecule has 0 saturated heterocycles. The van der Waals surface area contributed by atoms with E-state index in [1.807, 2.05) is 20.8 Å². The highest BCUT2D eigenvalue weighted by molar-refractivity contribution is 5.95. The van der Waals surface area contributed by atoms with Gasteiger partial charge in [0.1, 0.15) is 12.0 Å². The molecule has 0 aliphatic heterocycles. The Morgan fingerprint density at radius 1 is 1.44 bits per heavy atom. The summed E-state index contributed by atoms with van der Waals surface area (Å²) in [6.07, 6.45) is -0.395. The van der Waals surface area contributed by atoms with Gasteiger partial charge in [-0.05, 0) is 38.5 Å². The molecule has 5 N–H and O–H groups in total. The SMILES string of the molecule is CC(C)(C)NC(O)Cc1ccc(O)c(C(N)=O)c1. The van der Waals surface area contributed by atoms with Gasteiger partial charge in [0, 0.05) is 12.0 Å². The third-order valence-corrected chi connectivity index (χ3v) is 2.36. The topological polar surface area (TPSA) is 95.6 Å². The van der Waals surface area contributed by atoms with Crippen LogP contribution < -0.4 is 11.1 Å². The van der Waals surface area contributed by atoms with Crippen LogP contribution in [0.5, 0.6) is 5.75 Å². The van der Waals surface area contributed by atoms with Gasteiger partial charge in [-0.25, -0.2) is 0 Å². The highest BCUT2D eigenvalue weighted by atomic mass is 16.3. The molecule has 100 valence electrons. The number of primary amides is 1. The van der Waals surface area contributed by atoms with Crippen molar-refractivity contribution in [2.45, 2.75) is 39.0 Å². The third-order valence-electron chi connectivity index (χ3n) is 2.36. The van der Waals surface area contributed by atoms with Crippen LogP contribution in [-0.2, 0) is 6.42 Å². The number of nitrogens with one attached hydrogen (secondary N) is 1. The Balaban J connectivity index is 2.80. The van der Waals surface area contributed by atoms with E-state index in [9.17, 15) is 15.0 Å². The molecule has 0 radical (unpaired) electrons. The molecule has 1 atom stereocenters. The van der Waals surface area contributed by atoms with E-state index in [1.54, 1.807) is 6.07 Å². The van der Waals surface area contributed by atoms with Gasteiger partial charge >= 0.3 is 0 Å². The number of aliphatic hydroxyl groups is 1. The molecule has 1 unspecified atom stereocenters. The zero-order chi connectivity index (χ0) is 13.9. The van der Waals surface area contributed by atoms with Crippen LogP contribution in [0.25, 0.3) is 0 Å². The maximum absolute atomic E-state index is 11.1. The molecule has 5 nitrogen and oxygen atoms in total. The van der Waals surface area contributed by atoms with Gasteiger partial charge in [-0.3, -0.25) is 10.1 Å². The molecule has 18 heavy (non-hydrogen) atoms. The zero-order valence-corrected chi connectivity index (χ0v) is 10.9. The van der Waals surface area contributed by atoms with E-state index in [4.69, 9.17) is 5.73 Å². The van der Waals surface area contributed by atoms with Crippen LogP contribution in [0.3, 0.4) is 0 Å². The second-order valence-corrected chi connectivity index (χ2v) is 5.33. The maximum atomic E-state index is 11.1. The van der Waals surface area contributed by atoms with Crippen molar-refractivity contribution in [2.75, 3.05) is 0 Å². The average molecular weight is 252 g/mol. The van der Waals surface area contributed by atoms with Crippen molar-refractivity contribution in [1.29, 1.82) is 0 Å². The lowest BCUT2D eigenvalue weighted by atomic mass is 10.0. The third kappa shape index (κ3) is 4.35. The van der Waals surface area contributed by atoms with Crippen LogP contribution in [0.15, 0.2) is 18.2 Å². The summed E-state index contributed by atoms with van der Waals surface area (Å²) in [6.45, 7) is 5.84. The number of rotatable bonds is 4. The predicted octanol–water partition coefficient (Wildman–Crippen LogP) is 0.740. The van der Waals surface area contributed by atoms with Crippen molar-refractivity contribution in [1.82, 2.24) is 5.32 Å². The van der Waals surface area contributed by atoms with E-state index in [-0.39, 0.29) is 16.9 Å². The van der Waals surface area contributed by atoms with Gasteiger partial charge in [0.2, 0.25) is 0 Å². The molecule has 0 aromatic heterocycles. The highest BCUT2D eigenvalue weighted by Gasteiger charge is 2.16. The molecule has 5 heteroatoms. The van der Waals surface area contributed by atoms with Gasteiger partial charge in [0.05, 0.1) is 5.56 Å². The number of benzene rings is 1. The number of hydrogen-bond donors (Lipinski definition) is 4. The fourth-order valence-electron chi connectivity index (χ4n) is 1.68. The lowest BCUT2D eigenvalue weighted by Gasteiger charge is -2.25. The Labute approximate surface area is 107 Å². The summed E-state index contributed by atoms with van der Waals surface area (Å²) in [4.78, 5) is 11.1. The summed E-state index contributed by atoms with van der Waals surface area (Å²) in [5, 5.41) is 22.3. The Kier molecular flexibility index (Phi) is 4.32. The summed E-state index contributed by atoms with van der Waals surface area (Å²) in [5.74, 6) is -0.836. The van der Waals surface area contributed by atoms with E-state index in [0.29, 0.717) is 6.42 Å². The summed E-state index contributed by atoms with van der Waals surface area (Å²) in [5.41, 5.74) is 5.73. The molecule has 1 aromatic rings. The minimum Gasteiger partial charge on any atom is -0.507 e. The average Bonchev–Trinajstić information content (AvgIpc) is 2.17. The van der Waals surface area contributed by atoms with Crippen molar-refractivity contribution >= 4 is 5.91 Å². The van der Waals surface area contributed by atoms with Gasteiger partial charge in [-0.2, -0.15) is 0 Å². The Morgan fingerprint density at radius 2 is 2.06 bits per heavy atom. The highest BCUT2D eigenvalue weighted by Crippen LogP contribution is 2.18. The largest absolute Gasteiger partial charge is 0.507 e. The van der Waals surface area contributed by atoms with E-state index in [2.05, 4.69) is 5.32 Å². The molecule has 0 aliphatic rings. The van der Waals surface area contributed by atoms with Gasteiger partial charge in [-0.1, -0.05) is 6.07 Å². The number of carbonyl (C=O) groups excluding carboxylic acids is 1. The molecule has 0 fully saturated rings. The second-order valence-electron chi connectivity index (χ2n) is 5.33. The first kappa shape index (κ1) is 14.5. The number of amides is 1. The normalized spacial score (nSPS) is 13.3. The lowest BCUT2D eigenvalue weighted by molar-refractivity contribution is 0.0993. The van der Waals surface area contributed by atoms with Crippen LogP contribution in [-0.4, -0.2) is 27.9 Å². The number of carbonyl (C=O) groups is 1. The first-order chi connectivity index (χ1) is 8.19. The van der Waals surface area contributed by atoms with Crippen molar-refractivity contribution in [3.05, 3.63) is 29.3 Å². The van der Waals surface area contributed by atoms with E-state index < -0.39 is 12.1 Å². The summed E-state index contributed by atoms with van der Waals surface area (Å²) in [6, 6.07) is 4.54. The van der Waals surface area contributed by atoms with E-state index >= 15 is 0 Å². The number of nitrogens with two attached hydrogens (primary N) is 1. The minimum absolute atomic E-state index is 0.0652. The fraction of sp³-hybridized carbons (Fsp3) is 0.462. The van der Waals surface area contributed by atoms with E-state index in [0.717, 1.165) is 5.56 Å². The molecule has 0 heterocycles. The second kappa shape index (κ2) is 5.37. The maximum Gasteiger partial charge on any atom is 0.252 e. The van der Waals surface area contributed by atoms with Crippen LogP contribution in [0.4, 0.5) is 0 Å². The molecule has 1 amide bonds. The van der Waals surface area contributed by atoms with Crippen LogP contribution in [0.1, 0.15) is 36.7 Å². The molecule has 0 saturated carbocycles.